The van der Waals surface area contributed by atoms with Crippen molar-refractivity contribution in [1.29, 1.82) is 0 Å². The molecule has 2 N–H and O–H groups in total. The Hall–Kier alpha value is -1.90. The molecule has 0 spiro atoms. The summed E-state index contributed by atoms with van der Waals surface area (Å²) in [6, 6.07) is 5.47. The number of hydrogen-bond donors (Lipinski definition) is 1. The first-order chi connectivity index (χ1) is 12.0. The summed E-state index contributed by atoms with van der Waals surface area (Å²) in [7, 11) is -2.72. The second-order valence-corrected chi connectivity index (χ2v) is 7.96. The molecule has 25 heavy (non-hydrogen) atoms. The van der Waals surface area contributed by atoms with Crippen molar-refractivity contribution in [3.05, 3.63) is 39.8 Å². The Balaban J connectivity index is 2.91. The summed E-state index contributed by atoms with van der Waals surface area (Å²) in [4.78, 5) is 14.4. The maximum Gasteiger partial charge on any atom is 0.500 e. The molecule has 138 valence electrons. The van der Waals surface area contributed by atoms with Crippen LogP contribution >= 0.6 is 0 Å². The molecule has 0 aliphatic rings. The number of rotatable bonds is 12. The van der Waals surface area contributed by atoms with Crippen LogP contribution < -0.4 is 5.73 Å². The highest BCUT2D eigenvalue weighted by atomic mass is 28.4. The van der Waals surface area contributed by atoms with E-state index >= 15 is 0 Å². The van der Waals surface area contributed by atoms with E-state index in [1.807, 2.05) is 20.8 Å². The van der Waals surface area contributed by atoms with Crippen LogP contribution in [-0.4, -0.2) is 34.5 Å². The molecule has 1 aromatic carbocycles. The molecule has 0 unspecified atom stereocenters. The van der Waals surface area contributed by atoms with Gasteiger partial charge in [0, 0.05) is 42.0 Å². The van der Waals surface area contributed by atoms with E-state index in [0.29, 0.717) is 50.0 Å². The van der Waals surface area contributed by atoms with Crippen molar-refractivity contribution >= 4 is 20.4 Å². The van der Waals surface area contributed by atoms with Gasteiger partial charge in [0.1, 0.15) is 0 Å². The molecule has 0 saturated heterocycles. The maximum absolute atomic E-state index is 11.6. The van der Waals surface area contributed by atoms with Crippen LogP contribution in [0.1, 0.15) is 43.1 Å². The third-order valence-corrected chi connectivity index (χ3v) is 6.69. The van der Waals surface area contributed by atoms with E-state index in [9.17, 15) is 4.79 Å². The maximum atomic E-state index is 11.6. The molecule has 0 aromatic heterocycles. The molecule has 9 heteroatoms. The van der Waals surface area contributed by atoms with Crippen LogP contribution in [0.15, 0.2) is 23.3 Å². The summed E-state index contributed by atoms with van der Waals surface area (Å²) >= 11 is 0. The molecule has 0 atom stereocenters. The third kappa shape index (κ3) is 6.49. The molecular formula is C16H26N4O4Si. The van der Waals surface area contributed by atoms with Gasteiger partial charge in [0.05, 0.1) is 0 Å². The number of amides is 1. The van der Waals surface area contributed by atoms with Gasteiger partial charge < -0.3 is 19.0 Å². The fourth-order valence-corrected chi connectivity index (χ4v) is 5.25. The molecule has 1 rings (SSSR count). The van der Waals surface area contributed by atoms with E-state index in [2.05, 4.69) is 10.0 Å². The van der Waals surface area contributed by atoms with Crippen LogP contribution in [0, 0.1) is 0 Å². The van der Waals surface area contributed by atoms with Gasteiger partial charge in [-0.05, 0) is 56.8 Å². The lowest BCUT2D eigenvalue weighted by molar-refractivity contribution is 0.0708. The van der Waals surface area contributed by atoms with Gasteiger partial charge in [-0.3, -0.25) is 4.79 Å². The van der Waals surface area contributed by atoms with Crippen molar-refractivity contribution in [2.75, 3.05) is 19.8 Å². The van der Waals surface area contributed by atoms with Crippen molar-refractivity contribution in [2.24, 2.45) is 10.8 Å². The Morgan fingerprint density at radius 3 is 2.28 bits per heavy atom. The number of carbonyl (C=O) groups excluding carboxylic acids is 1. The van der Waals surface area contributed by atoms with E-state index in [-0.39, 0.29) is 0 Å². The first kappa shape index (κ1) is 21.1. The van der Waals surface area contributed by atoms with Crippen LogP contribution in [0.25, 0.3) is 10.4 Å². The van der Waals surface area contributed by atoms with Gasteiger partial charge in [0.15, 0.2) is 0 Å². The number of hydrogen-bond acceptors (Lipinski definition) is 5. The normalized spacial score (nSPS) is 11.2. The summed E-state index contributed by atoms with van der Waals surface area (Å²) in [5, 5.41) is 3.58. The summed E-state index contributed by atoms with van der Waals surface area (Å²) in [6.07, 6.45) is 1.28. The second-order valence-electron chi connectivity index (χ2n) is 5.23. The predicted molar refractivity (Wildman–Crippen MR) is 97.5 cm³/mol. The lowest BCUT2D eigenvalue weighted by atomic mass is 10.0. The average Bonchev–Trinajstić information content (AvgIpc) is 2.56. The van der Waals surface area contributed by atoms with Crippen molar-refractivity contribution < 1.29 is 18.1 Å². The monoisotopic (exact) mass is 366 g/mol. The van der Waals surface area contributed by atoms with Crippen molar-refractivity contribution in [3.8, 4) is 0 Å². The topological polar surface area (TPSA) is 120 Å². The zero-order valence-electron chi connectivity index (χ0n) is 15.0. The third-order valence-electron chi connectivity index (χ3n) is 3.54. The fourth-order valence-electron chi connectivity index (χ4n) is 2.64. The molecule has 0 heterocycles. The number of primary amides is 1. The lowest BCUT2D eigenvalue weighted by Crippen LogP contribution is -2.46. The highest BCUT2D eigenvalue weighted by Gasteiger charge is 2.39. The number of nitrogens with zero attached hydrogens (tertiary/aromatic N) is 3. The smallest absolute Gasteiger partial charge is 0.374 e. The summed E-state index contributed by atoms with van der Waals surface area (Å²) in [5.74, 6) is -0.509. The molecule has 0 radical (unpaired) electrons. The van der Waals surface area contributed by atoms with Crippen LogP contribution in [0.4, 0.5) is 5.69 Å². The Morgan fingerprint density at radius 1 is 1.20 bits per heavy atom. The van der Waals surface area contributed by atoms with Gasteiger partial charge in [0.2, 0.25) is 5.91 Å². The van der Waals surface area contributed by atoms with Crippen LogP contribution in [0.3, 0.4) is 0 Å². The van der Waals surface area contributed by atoms with Crippen molar-refractivity contribution in [1.82, 2.24) is 0 Å². The second kappa shape index (κ2) is 10.9. The number of azide groups is 1. The molecule has 0 aliphatic heterocycles. The zero-order chi connectivity index (χ0) is 18.7. The quantitative estimate of drug-likeness (QED) is 0.262. The van der Waals surface area contributed by atoms with Gasteiger partial charge in [-0.15, -0.1) is 0 Å². The number of aryl methyl sites for hydroxylation is 1. The van der Waals surface area contributed by atoms with Gasteiger partial charge in [0.25, 0.3) is 0 Å². The summed E-state index contributed by atoms with van der Waals surface area (Å²) < 4.78 is 17.5. The number of carbonyl (C=O) groups is 1. The standard InChI is InChI=1S/C16H26N4O4Si/c1-4-22-25(23-5-2,24-6-3)11-7-8-13-12-14(19-20-18)9-10-15(13)16(17)21/h9-10,12H,4-8,11H2,1-3H3,(H2,17,21). The van der Waals surface area contributed by atoms with E-state index in [4.69, 9.17) is 24.5 Å². The largest absolute Gasteiger partial charge is 0.500 e. The predicted octanol–water partition coefficient (Wildman–Crippen LogP) is 3.71. The molecule has 0 aliphatic carbocycles. The minimum Gasteiger partial charge on any atom is -0.374 e. The van der Waals surface area contributed by atoms with Crippen molar-refractivity contribution in [3.63, 3.8) is 0 Å². The Labute approximate surface area is 149 Å². The SMILES string of the molecule is CCO[Si](CCCc1cc(N=[N+]=[N-])ccc1C(N)=O)(OCC)OCC. The minimum absolute atomic E-state index is 0.424. The first-order valence-corrected chi connectivity index (χ1v) is 10.3. The summed E-state index contributed by atoms with van der Waals surface area (Å²) in [6.45, 7) is 7.29. The van der Waals surface area contributed by atoms with Crippen LogP contribution in [0.5, 0.6) is 0 Å². The van der Waals surface area contributed by atoms with Gasteiger partial charge >= 0.3 is 8.80 Å². The molecule has 1 amide bonds. The Kier molecular flexibility index (Phi) is 9.18. The average molecular weight is 366 g/mol. The number of nitrogens with two attached hydrogens (primary N) is 1. The lowest BCUT2D eigenvalue weighted by Gasteiger charge is -2.28. The van der Waals surface area contributed by atoms with E-state index < -0.39 is 14.7 Å². The molecule has 0 saturated carbocycles. The molecular weight excluding hydrogens is 340 g/mol. The molecule has 0 fully saturated rings. The van der Waals surface area contributed by atoms with Gasteiger partial charge in [-0.1, -0.05) is 11.2 Å². The van der Waals surface area contributed by atoms with E-state index in [0.717, 1.165) is 5.56 Å². The van der Waals surface area contributed by atoms with E-state index in [1.165, 1.54) is 0 Å². The zero-order valence-corrected chi connectivity index (χ0v) is 16.0. The molecule has 1 aromatic rings. The number of benzene rings is 1. The molecule has 0 bridgehead atoms. The Morgan fingerprint density at radius 2 is 1.80 bits per heavy atom. The van der Waals surface area contributed by atoms with Gasteiger partial charge in [-0.2, -0.15) is 0 Å². The minimum atomic E-state index is -2.72. The first-order valence-electron chi connectivity index (χ1n) is 8.41. The summed E-state index contributed by atoms with van der Waals surface area (Å²) in [5.41, 5.74) is 15.6. The van der Waals surface area contributed by atoms with Crippen LogP contribution in [-0.2, 0) is 19.7 Å². The highest BCUT2D eigenvalue weighted by molar-refractivity contribution is 6.60. The van der Waals surface area contributed by atoms with Crippen LogP contribution in [0.2, 0.25) is 6.04 Å². The Bertz CT molecular complexity index is 603. The molecule has 8 nitrogen and oxygen atoms in total. The van der Waals surface area contributed by atoms with Crippen molar-refractivity contribution in [2.45, 2.75) is 39.7 Å². The highest BCUT2D eigenvalue weighted by Crippen LogP contribution is 2.24. The fraction of sp³-hybridized carbons (Fsp3) is 0.562. The van der Waals surface area contributed by atoms with Gasteiger partial charge in [-0.25, -0.2) is 0 Å². The van der Waals surface area contributed by atoms with E-state index in [1.54, 1.807) is 18.2 Å².